The molecule has 1 saturated heterocycles. The van der Waals surface area contributed by atoms with Crippen molar-refractivity contribution in [3.63, 3.8) is 0 Å². The SMILES string of the molecule is COCC1(CN[C@@H]2C[C@H]2c2ccccc2)CCN(CCC(=O)O)CC1. The number of ether oxygens (including phenoxy) is 1. The molecular formula is C20H30N2O3. The third-order valence-corrected chi connectivity index (χ3v) is 5.77. The van der Waals surface area contributed by atoms with E-state index in [1.54, 1.807) is 7.11 Å². The highest BCUT2D eigenvalue weighted by Crippen LogP contribution is 2.41. The van der Waals surface area contributed by atoms with Crippen molar-refractivity contribution in [1.82, 2.24) is 10.2 Å². The zero-order valence-electron chi connectivity index (χ0n) is 15.1. The molecule has 25 heavy (non-hydrogen) atoms. The summed E-state index contributed by atoms with van der Waals surface area (Å²) in [5.74, 6) is -0.0625. The Bertz CT molecular complexity index is 555. The average molecular weight is 346 g/mol. The van der Waals surface area contributed by atoms with Crippen LogP contribution in [0.25, 0.3) is 0 Å². The predicted molar refractivity (Wildman–Crippen MR) is 97.8 cm³/mol. The van der Waals surface area contributed by atoms with E-state index in [9.17, 15) is 4.79 Å². The van der Waals surface area contributed by atoms with Gasteiger partial charge in [-0.3, -0.25) is 4.79 Å². The number of nitrogens with zero attached hydrogens (tertiary/aromatic N) is 1. The first-order valence-electron chi connectivity index (χ1n) is 9.33. The van der Waals surface area contributed by atoms with Crippen LogP contribution in [0.5, 0.6) is 0 Å². The van der Waals surface area contributed by atoms with E-state index in [0.29, 0.717) is 18.5 Å². The maximum absolute atomic E-state index is 10.7. The Hall–Kier alpha value is -1.43. The van der Waals surface area contributed by atoms with Crippen LogP contribution in [0.1, 0.15) is 37.2 Å². The Morgan fingerprint density at radius 1 is 1.32 bits per heavy atom. The number of aliphatic carboxylic acids is 1. The summed E-state index contributed by atoms with van der Waals surface area (Å²) in [6.07, 6.45) is 3.58. The van der Waals surface area contributed by atoms with Crippen LogP contribution in [0.15, 0.2) is 30.3 Å². The number of carbonyl (C=O) groups is 1. The van der Waals surface area contributed by atoms with Gasteiger partial charge in [-0.25, -0.2) is 0 Å². The van der Waals surface area contributed by atoms with E-state index < -0.39 is 5.97 Å². The lowest BCUT2D eigenvalue weighted by molar-refractivity contribution is -0.137. The van der Waals surface area contributed by atoms with Crippen LogP contribution < -0.4 is 5.32 Å². The van der Waals surface area contributed by atoms with Crippen LogP contribution >= 0.6 is 0 Å². The summed E-state index contributed by atoms with van der Waals surface area (Å²) in [5.41, 5.74) is 1.61. The highest BCUT2D eigenvalue weighted by atomic mass is 16.5. The van der Waals surface area contributed by atoms with Gasteiger partial charge >= 0.3 is 5.97 Å². The second-order valence-corrected chi connectivity index (χ2v) is 7.66. The lowest BCUT2D eigenvalue weighted by atomic mass is 9.78. The number of carboxylic acids is 1. The largest absolute Gasteiger partial charge is 0.481 e. The van der Waals surface area contributed by atoms with Gasteiger partial charge in [0, 0.05) is 37.6 Å². The molecule has 0 aromatic heterocycles. The molecule has 2 atom stereocenters. The zero-order chi connectivity index (χ0) is 17.7. The molecule has 1 aliphatic carbocycles. The fourth-order valence-electron chi connectivity index (χ4n) is 4.02. The number of methoxy groups -OCH3 is 1. The van der Waals surface area contributed by atoms with Gasteiger partial charge in [0.1, 0.15) is 0 Å². The van der Waals surface area contributed by atoms with Gasteiger partial charge in [0.2, 0.25) is 0 Å². The molecule has 0 bridgehead atoms. The zero-order valence-corrected chi connectivity index (χ0v) is 15.1. The summed E-state index contributed by atoms with van der Waals surface area (Å²) in [6.45, 7) is 4.35. The molecule has 1 aromatic rings. The summed E-state index contributed by atoms with van der Waals surface area (Å²) in [5, 5.41) is 12.6. The van der Waals surface area contributed by atoms with Crippen molar-refractivity contribution < 1.29 is 14.6 Å². The summed E-state index contributed by atoms with van der Waals surface area (Å²) >= 11 is 0. The molecular weight excluding hydrogens is 316 g/mol. The summed E-state index contributed by atoms with van der Waals surface area (Å²) < 4.78 is 5.53. The molecule has 0 spiro atoms. The number of hydrogen-bond acceptors (Lipinski definition) is 4. The van der Waals surface area contributed by atoms with Gasteiger partial charge in [0.05, 0.1) is 13.0 Å². The van der Waals surface area contributed by atoms with Crippen molar-refractivity contribution in [3.05, 3.63) is 35.9 Å². The molecule has 1 heterocycles. The first-order chi connectivity index (χ1) is 12.1. The van der Waals surface area contributed by atoms with Gasteiger partial charge in [0.15, 0.2) is 0 Å². The predicted octanol–water partition coefficient (Wildman–Crippen LogP) is 2.34. The molecule has 3 rings (SSSR count). The third-order valence-electron chi connectivity index (χ3n) is 5.77. The molecule has 0 amide bonds. The van der Waals surface area contributed by atoms with E-state index in [-0.39, 0.29) is 11.8 Å². The number of benzene rings is 1. The Morgan fingerprint density at radius 3 is 2.68 bits per heavy atom. The second-order valence-electron chi connectivity index (χ2n) is 7.66. The van der Waals surface area contributed by atoms with Gasteiger partial charge in [-0.1, -0.05) is 30.3 Å². The molecule has 2 N–H and O–H groups in total. The number of nitrogens with one attached hydrogen (secondary N) is 1. The van der Waals surface area contributed by atoms with Crippen molar-refractivity contribution >= 4 is 5.97 Å². The smallest absolute Gasteiger partial charge is 0.304 e. The Kier molecular flexibility index (Phi) is 6.10. The van der Waals surface area contributed by atoms with Gasteiger partial charge in [0.25, 0.3) is 0 Å². The quantitative estimate of drug-likeness (QED) is 0.719. The molecule has 0 unspecified atom stereocenters. The normalized spacial score (nSPS) is 25.6. The minimum Gasteiger partial charge on any atom is -0.481 e. The molecule has 1 saturated carbocycles. The maximum Gasteiger partial charge on any atom is 0.304 e. The van der Waals surface area contributed by atoms with Crippen molar-refractivity contribution in [2.75, 3.05) is 39.9 Å². The first kappa shape index (κ1) is 18.4. The standard InChI is InChI=1S/C20H30N2O3/c1-25-15-20(8-11-22(12-9-20)10-7-19(23)24)14-21-18-13-17(18)16-5-3-2-4-6-16/h2-6,17-18,21H,7-15H2,1H3,(H,23,24)/t17-,18+/m0/s1. The highest BCUT2D eigenvalue weighted by molar-refractivity contribution is 5.66. The van der Waals surface area contributed by atoms with Crippen LogP contribution in [0.2, 0.25) is 0 Å². The molecule has 2 fully saturated rings. The van der Waals surface area contributed by atoms with Crippen molar-refractivity contribution in [1.29, 1.82) is 0 Å². The van der Waals surface area contributed by atoms with E-state index in [4.69, 9.17) is 9.84 Å². The summed E-state index contributed by atoms with van der Waals surface area (Å²) in [4.78, 5) is 13.0. The lowest BCUT2D eigenvalue weighted by Crippen LogP contribution is -2.48. The van der Waals surface area contributed by atoms with Crippen molar-refractivity contribution in [3.8, 4) is 0 Å². The fourth-order valence-corrected chi connectivity index (χ4v) is 4.02. The summed E-state index contributed by atoms with van der Waals surface area (Å²) in [6, 6.07) is 11.3. The monoisotopic (exact) mass is 346 g/mol. The third kappa shape index (κ3) is 5.03. The molecule has 5 heteroatoms. The molecule has 1 aromatic carbocycles. The van der Waals surface area contributed by atoms with E-state index >= 15 is 0 Å². The first-order valence-corrected chi connectivity index (χ1v) is 9.33. The second kappa shape index (κ2) is 8.30. The minimum absolute atomic E-state index is 0.179. The molecule has 0 radical (unpaired) electrons. The molecule has 5 nitrogen and oxygen atoms in total. The average Bonchev–Trinajstić information content (AvgIpc) is 3.40. The van der Waals surface area contributed by atoms with E-state index in [1.807, 2.05) is 0 Å². The number of carboxylic acid groups (broad SMARTS) is 1. The van der Waals surface area contributed by atoms with Crippen LogP contribution in [-0.4, -0.2) is 61.9 Å². The number of rotatable bonds is 9. The van der Waals surface area contributed by atoms with Crippen LogP contribution in [0, 0.1) is 5.41 Å². The lowest BCUT2D eigenvalue weighted by Gasteiger charge is -2.41. The van der Waals surface area contributed by atoms with Crippen LogP contribution in [0.4, 0.5) is 0 Å². The number of piperidine rings is 1. The number of hydrogen-bond donors (Lipinski definition) is 2. The molecule has 1 aliphatic heterocycles. The van der Waals surface area contributed by atoms with Crippen LogP contribution in [0.3, 0.4) is 0 Å². The molecule has 2 aliphatic rings. The van der Waals surface area contributed by atoms with Gasteiger partial charge in [-0.2, -0.15) is 0 Å². The van der Waals surface area contributed by atoms with E-state index in [1.165, 1.54) is 12.0 Å². The van der Waals surface area contributed by atoms with Gasteiger partial charge in [-0.05, 0) is 37.9 Å². The Balaban J connectivity index is 1.47. The van der Waals surface area contributed by atoms with E-state index in [2.05, 4.69) is 40.5 Å². The minimum atomic E-state index is -0.712. The number of likely N-dealkylation sites (tertiary alicyclic amines) is 1. The van der Waals surface area contributed by atoms with Crippen molar-refractivity contribution in [2.45, 2.75) is 37.6 Å². The molecule has 138 valence electrons. The van der Waals surface area contributed by atoms with E-state index in [0.717, 1.165) is 39.1 Å². The summed E-state index contributed by atoms with van der Waals surface area (Å²) in [7, 11) is 1.78. The van der Waals surface area contributed by atoms with Crippen molar-refractivity contribution in [2.24, 2.45) is 5.41 Å². The van der Waals surface area contributed by atoms with Crippen LogP contribution in [-0.2, 0) is 9.53 Å². The maximum atomic E-state index is 10.7. The topological polar surface area (TPSA) is 61.8 Å². The van der Waals surface area contributed by atoms with Gasteiger partial charge < -0.3 is 20.1 Å². The Labute approximate surface area is 150 Å². The van der Waals surface area contributed by atoms with Gasteiger partial charge in [-0.15, -0.1) is 0 Å². The fraction of sp³-hybridized carbons (Fsp3) is 0.650. The Morgan fingerprint density at radius 2 is 2.04 bits per heavy atom. The highest BCUT2D eigenvalue weighted by Gasteiger charge is 2.41.